The molecule has 0 amide bonds. The van der Waals surface area contributed by atoms with Crippen molar-refractivity contribution in [3.63, 3.8) is 0 Å². The number of anilines is 1. The van der Waals surface area contributed by atoms with Crippen molar-refractivity contribution in [2.24, 2.45) is 0 Å². The van der Waals surface area contributed by atoms with E-state index in [1.54, 1.807) is 28.8 Å². The fourth-order valence-electron chi connectivity index (χ4n) is 4.27. The van der Waals surface area contributed by atoms with Gasteiger partial charge < -0.3 is 15.2 Å². The number of benzene rings is 2. The number of fused-ring (bicyclic) bond motifs is 2. The lowest BCUT2D eigenvalue weighted by atomic mass is 10.1. The summed E-state index contributed by atoms with van der Waals surface area (Å²) in [6.45, 7) is 4.82. The fourth-order valence-corrected chi connectivity index (χ4v) is 4.27. The molecule has 194 valence electrons. The van der Waals surface area contributed by atoms with Crippen LogP contribution in [0.1, 0.15) is 79.5 Å². The molecule has 0 aliphatic rings. The van der Waals surface area contributed by atoms with E-state index in [1.807, 2.05) is 31.2 Å². The van der Waals surface area contributed by atoms with E-state index >= 15 is 0 Å². The lowest BCUT2D eigenvalue weighted by Gasteiger charge is -2.09. The number of nitrogens with zero attached hydrogens (tertiary/aromatic N) is 3. The summed E-state index contributed by atoms with van der Waals surface area (Å²) in [5.74, 6) is -0.706. The number of para-hydroxylation sites is 2. The Morgan fingerprint density at radius 3 is 2.14 bits per heavy atom. The topological polar surface area (TPSA) is 109 Å². The summed E-state index contributed by atoms with van der Waals surface area (Å²) in [4.78, 5) is 34.9. The first-order valence-electron chi connectivity index (χ1n) is 13.1. The Bertz CT molecular complexity index is 1380. The number of carbonyl (C=O) groups excluding carboxylic acids is 2. The van der Waals surface area contributed by atoms with Gasteiger partial charge in [0, 0.05) is 5.69 Å². The van der Waals surface area contributed by atoms with Crippen LogP contribution in [0.2, 0.25) is 0 Å². The van der Waals surface area contributed by atoms with Crippen molar-refractivity contribution in [2.45, 2.75) is 58.8 Å². The first-order valence-corrected chi connectivity index (χ1v) is 13.1. The summed E-state index contributed by atoms with van der Waals surface area (Å²) in [6.07, 6.45) is 7.32. The molecule has 2 aromatic heterocycles. The van der Waals surface area contributed by atoms with Gasteiger partial charge in [-0.05, 0) is 49.2 Å². The smallest absolute Gasteiger partial charge is 0.344 e. The molecule has 8 nitrogen and oxygen atoms in total. The zero-order chi connectivity index (χ0) is 26.2. The van der Waals surface area contributed by atoms with Crippen molar-refractivity contribution in [3.8, 4) is 5.69 Å². The predicted octanol–water partition coefficient (Wildman–Crippen LogP) is 6.24. The maximum atomic E-state index is 13.2. The molecule has 0 aliphatic carbocycles. The molecule has 0 fully saturated rings. The number of ether oxygens (including phenoxy) is 2. The largest absolute Gasteiger partial charge is 0.462 e. The minimum Gasteiger partial charge on any atom is -0.462 e. The maximum absolute atomic E-state index is 13.2. The highest BCUT2D eigenvalue weighted by molar-refractivity contribution is 6.09. The Labute approximate surface area is 216 Å². The molecular weight excluding hydrogens is 468 g/mol. The molecule has 4 aromatic rings. The van der Waals surface area contributed by atoms with Gasteiger partial charge in [0.25, 0.3) is 0 Å². The van der Waals surface area contributed by atoms with Gasteiger partial charge in [0.15, 0.2) is 5.65 Å². The number of aromatic nitrogens is 3. The third-order valence-electron chi connectivity index (χ3n) is 6.23. The highest BCUT2D eigenvalue weighted by Gasteiger charge is 2.26. The highest BCUT2D eigenvalue weighted by atomic mass is 16.5. The van der Waals surface area contributed by atoms with Crippen molar-refractivity contribution in [2.75, 3.05) is 18.9 Å². The Hall–Kier alpha value is -3.94. The number of unbranched alkanes of at least 4 members (excludes halogenated alkanes) is 5. The van der Waals surface area contributed by atoms with Crippen LogP contribution in [0.3, 0.4) is 0 Å². The van der Waals surface area contributed by atoms with Crippen LogP contribution >= 0.6 is 0 Å². The Morgan fingerprint density at radius 2 is 1.43 bits per heavy atom. The van der Waals surface area contributed by atoms with Crippen molar-refractivity contribution in [3.05, 3.63) is 59.7 Å². The zero-order valence-electron chi connectivity index (χ0n) is 21.5. The second-order valence-electron chi connectivity index (χ2n) is 9.07. The Morgan fingerprint density at radius 1 is 0.784 bits per heavy atom. The number of hydrogen-bond acceptors (Lipinski definition) is 7. The monoisotopic (exact) mass is 502 g/mol. The van der Waals surface area contributed by atoms with Gasteiger partial charge >= 0.3 is 11.9 Å². The van der Waals surface area contributed by atoms with Gasteiger partial charge in [0.1, 0.15) is 16.9 Å². The lowest BCUT2D eigenvalue weighted by molar-refractivity contribution is 0.0493. The molecule has 0 unspecified atom stereocenters. The number of nitrogen functional groups attached to an aromatic ring is 1. The number of hydrogen-bond donors (Lipinski definition) is 1. The molecule has 0 saturated carbocycles. The highest BCUT2D eigenvalue weighted by Crippen LogP contribution is 2.31. The van der Waals surface area contributed by atoms with Crippen LogP contribution in [0.4, 0.5) is 5.82 Å². The van der Waals surface area contributed by atoms with E-state index in [1.165, 1.54) is 19.3 Å². The van der Waals surface area contributed by atoms with E-state index in [9.17, 15) is 9.59 Å². The average Bonchev–Trinajstić information content (AvgIpc) is 3.20. The molecule has 0 saturated heterocycles. The van der Waals surface area contributed by atoms with Crippen LogP contribution in [0.5, 0.6) is 0 Å². The number of carbonyl (C=O) groups is 2. The minimum atomic E-state index is -0.515. The fraction of sp³-hybridized carbons (Fsp3) is 0.379. The first kappa shape index (κ1) is 26.1. The SMILES string of the molecule is CCCCCCCCOC(=O)c1c(N)n(-c2ccc(C(=O)OCCC)cc2)c2nc3ccccc3nc12. The van der Waals surface area contributed by atoms with E-state index in [0.717, 1.165) is 25.7 Å². The van der Waals surface area contributed by atoms with Crippen LogP contribution < -0.4 is 5.73 Å². The van der Waals surface area contributed by atoms with Crippen molar-refractivity contribution >= 4 is 40.0 Å². The van der Waals surface area contributed by atoms with Gasteiger partial charge in [-0.15, -0.1) is 0 Å². The normalized spacial score (nSPS) is 11.2. The van der Waals surface area contributed by atoms with E-state index in [2.05, 4.69) is 6.92 Å². The van der Waals surface area contributed by atoms with Gasteiger partial charge in [-0.2, -0.15) is 0 Å². The van der Waals surface area contributed by atoms with E-state index in [4.69, 9.17) is 25.2 Å². The molecule has 0 atom stereocenters. The van der Waals surface area contributed by atoms with Gasteiger partial charge in [-0.25, -0.2) is 19.6 Å². The third-order valence-corrected chi connectivity index (χ3v) is 6.23. The molecule has 0 bridgehead atoms. The van der Waals surface area contributed by atoms with Gasteiger partial charge in [-0.1, -0.05) is 58.1 Å². The molecule has 2 heterocycles. The molecular formula is C29H34N4O4. The summed E-state index contributed by atoms with van der Waals surface area (Å²) in [7, 11) is 0. The molecule has 8 heteroatoms. The lowest BCUT2D eigenvalue weighted by Crippen LogP contribution is -2.10. The van der Waals surface area contributed by atoms with E-state index < -0.39 is 5.97 Å². The van der Waals surface area contributed by atoms with E-state index in [-0.39, 0.29) is 17.4 Å². The maximum Gasteiger partial charge on any atom is 0.344 e. The summed E-state index contributed by atoms with van der Waals surface area (Å²) in [6, 6.07) is 14.3. The van der Waals surface area contributed by atoms with Crippen LogP contribution in [-0.4, -0.2) is 39.7 Å². The third kappa shape index (κ3) is 5.90. The van der Waals surface area contributed by atoms with Crippen molar-refractivity contribution in [1.29, 1.82) is 0 Å². The van der Waals surface area contributed by atoms with Crippen LogP contribution in [0.25, 0.3) is 27.9 Å². The molecule has 0 spiro atoms. The molecule has 37 heavy (non-hydrogen) atoms. The van der Waals surface area contributed by atoms with Gasteiger partial charge in [0.05, 0.1) is 29.8 Å². The first-order chi connectivity index (χ1) is 18.0. The van der Waals surface area contributed by atoms with Crippen molar-refractivity contribution in [1.82, 2.24) is 14.5 Å². The Balaban J connectivity index is 1.66. The second kappa shape index (κ2) is 12.3. The van der Waals surface area contributed by atoms with E-state index in [0.29, 0.717) is 46.7 Å². The quantitative estimate of drug-likeness (QED) is 0.180. The van der Waals surface area contributed by atoms with Gasteiger partial charge in [0.2, 0.25) is 0 Å². The predicted molar refractivity (Wildman–Crippen MR) is 145 cm³/mol. The Kier molecular flexibility index (Phi) is 8.72. The number of rotatable bonds is 12. The summed E-state index contributed by atoms with van der Waals surface area (Å²) >= 11 is 0. The summed E-state index contributed by atoms with van der Waals surface area (Å²) in [5.41, 5.74) is 10.0. The standard InChI is InChI=1S/C29H34N4O4/c1-3-5-6-7-8-11-19-37-29(35)24-25-27(32-23-13-10-9-12-22(23)31-25)33(26(24)30)21-16-14-20(15-17-21)28(34)36-18-4-2/h9-10,12-17H,3-8,11,18-19,30H2,1-2H3. The van der Waals surface area contributed by atoms with Crippen LogP contribution in [0.15, 0.2) is 48.5 Å². The summed E-state index contributed by atoms with van der Waals surface area (Å²) < 4.78 is 12.5. The average molecular weight is 503 g/mol. The zero-order valence-corrected chi connectivity index (χ0v) is 21.5. The molecule has 0 radical (unpaired) electrons. The molecule has 0 aliphatic heterocycles. The summed E-state index contributed by atoms with van der Waals surface area (Å²) in [5, 5.41) is 0. The van der Waals surface area contributed by atoms with Crippen LogP contribution in [0, 0.1) is 0 Å². The van der Waals surface area contributed by atoms with Crippen LogP contribution in [-0.2, 0) is 9.47 Å². The minimum absolute atomic E-state index is 0.194. The molecule has 2 aromatic carbocycles. The second-order valence-corrected chi connectivity index (χ2v) is 9.07. The number of nitrogens with two attached hydrogens (primary N) is 1. The molecule has 2 N–H and O–H groups in total. The van der Waals surface area contributed by atoms with Crippen molar-refractivity contribution < 1.29 is 19.1 Å². The number of esters is 2. The molecule has 4 rings (SSSR count). The van der Waals surface area contributed by atoms with Gasteiger partial charge in [-0.3, -0.25) is 4.57 Å².